The predicted octanol–water partition coefficient (Wildman–Crippen LogP) is 0.527. The van der Waals surface area contributed by atoms with Crippen LogP contribution in [0.3, 0.4) is 0 Å². The largest absolute Gasteiger partial charge is 0.308 e. The molecule has 6 nitrogen and oxygen atoms in total. The van der Waals surface area contributed by atoms with Gasteiger partial charge in [0.1, 0.15) is 0 Å². The second-order valence-corrected chi connectivity index (χ2v) is 6.00. The zero-order valence-corrected chi connectivity index (χ0v) is 12.2. The Bertz CT molecular complexity index is 486. The molecule has 1 aromatic heterocycles. The van der Waals surface area contributed by atoms with Crippen molar-refractivity contribution in [3.05, 3.63) is 12.3 Å². The van der Waals surface area contributed by atoms with Crippen LogP contribution in [0.5, 0.6) is 0 Å². The number of rotatable bonds is 3. The van der Waals surface area contributed by atoms with Crippen molar-refractivity contribution in [2.45, 2.75) is 31.3 Å². The number of aromatic nitrogens is 2. The average molecular weight is 277 g/mol. The molecule has 6 heteroatoms. The van der Waals surface area contributed by atoms with E-state index in [-0.39, 0.29) is 5.91 Å². The summed E-state index contributed by atoms with van der Waals surface area (Å²) < 4.78 is 1.69. The average Bonchev–Trinajstić information content (AvgIpc) is 2.88. The Morgan fingerprint density at radius 3 is 2.90 bits per heavy atom. The van der Waals surface area contributed by atoms with E-state index < -0.39 is 0 Å². The first kappa shape index (κ1) is 13.6. The minimum Gasteiger partial charge on any atom is -0.308 e. The Labute approximate surface area is 119 Å². The van der Waals surface area contributed by atoms with Crippen LogP contribution in [0.1, 0.15) is 19.3 Å². The van der Waals surface area contributed by atoms with Gasteiger partial charge in [-0.2, -0.15) is 5.10 Å². The summed E-state index contributed by atoms with van der Waals surface area (Å²) in [5.41, 5.74) is 0. The zero-order chi connectivity index (χ0) is 14.1. The van der Waals surface area contributed by atoms with Crippen molar-refractivity contribution < 1.29 is 4.79 Å². The molecular weight excluding hydrogens is 254 g/mol. The highest BCUT2D eigenvalue weighted by molar-refractivity contribution is 5.91. The van der Waals surface area contributed by atoms with Gasteiger partial charge in [-0.1, -0.05) is 0 Å². The third-order valence-corrected chi connectivity index (χ3v) is 4.58. The third kappa shape index (κ3) is 2.86. The number of likely N-dealkylation sites (tertiary alicyclic amines) is 1. The van der Waals surface area contributed by atoms with Crippen molar-refractivity contribution in [1.82, 2.24) is 19.6 Å². The number of likely N-dealkylation sites (N-methyl/N-ethyl adjacent to an activating group) is 1. The lowest BCUT2D eigenvalue weighted by Gasteiger charge is -2.25. The molecular formula is C14H23N5O. The molecule has 1 N–H and O–H groups in total. The van der Waals surface area contributed by atoms with Gasteiger partial charge in [0.25, 0.3) is 0 Å². The topological polar surface area (TPSA) is 53.4 Å². The van der Waals surface area contributed by atoms with E-state index in [0.29, 0.717) is 24.4 Å². The Kier molecular flexibility index (Phi) is 3.76. The number of hydrogen-bond acceptors (Lipinski definition) is 4. The molecule has 110 valence electrons. The van der Waals surface area contributed by atoms with Crippen molar-refractivity contribution in [2.75, 3.05) is 32.0 Å². The highest BCUT2D eigenvalue weighted by atomic mass is 16.2. The quantitative estimate of drug-likeness (QED) is 0.875. The molecule has 2 fully saturated rings. The van der Waals surface area contributed by atoms with Gasteiger partial charge in [-0.3, -0.25) is 19.3 Å². The van der Waals surface area contributed by atoms with Crippen LogP contribution in [-0.4, -0.2) is 64.3 Å². The van der Waals surface area contributed by atoms with E-state index >= 15 is 0 Å². The number of nitrogens with zero attached hydrogens (tertiary/aromatic N) is 4. The summed E-state index contributed by atoms with van der Waals surface area (Å²) in [6.07, 6.45) is 5.58. The van der Waals surface area contributed by atoms with Gasteiger partial charge in [0.15, 0.2) is 5.82 Å². The van der Waals surface area contributed by atoms with Crippen LogP contribution in [0.15, 0.2) is 12.3 Å². The van der Waals surface area contributed by atoms with Crippen molar-refractivity contribution in [1.29, 1.82) is 0 Å². The molecule has 2 atom stereocenters. The maximum Gasteiger partial charge on any atom is 0.239 e. The van der Waals surface area contributed by atoms with Crippen LogP contribution in [0.25, 0.3) is 0 Å². The van der Waals surface area contributed by atoms with Crippen LogP contribution in [-0.2, 0) is 11.8 Å². The van der Waals surface area contributed by atoms with Crippen molar-refractivity contribution in [2.24, 2.45) is 7.05 Å². The van der Waals surface area contributed by atoms with Crippen LogP contribution in [0.2, 0.25) is 0 Å². The molecule has 0 aliphatic carbocycles. The predicted molar refractivity (Wildman–Crippen MR) is 77.5 cm³/mol. The van der Waals surface area contributed by atoms with E-state index in [1.54, 1.807) is 4.68 Å². The van der Waals surface area contributed by atoms with Gasteiger partial charge in [0, 0.05) is 44.5 Å². The number of hydrogen-bond donors (Lipinski definition) is 1. The number of amides is 1. The van der Waals surface area contributed by atoms with E-state index in [0.717, 1.165) is 13.1 Å². The Balaban J connectivity index is 1.54. The fourth-order valence-corrected chi connectivity index (χ4v) is 3.39. The van der Waals surface area contributed by atoms with Crippen LogP contribution in [0, 0.1) is 0 Å². The monoisotopic (exact) mass is 277 g/mol. The van der Waals surface area contributed by atoms with E-state index in [4.69, 9.17) is 0 Å². The Morgan fingerprint density at radius 2 is 2.15 bits per heavy atom. The highest BCUT2D eigenvalue weighted by Crippen LogP contribution is 2.28. The van der Waals surface area contributed by atoms with Crippen molar-refractivity contribution >= 4 is 11.7 Å². The second-order valence-electron chi connectivity index (χ2n) is 6.00. The minimum absolute atomic E-state index is 0.0316. The van der Waals surface area contributed by atoms with Gasteiger partial charge in [-0.05, 0) is 26.3 Å². The molecule has 0 radical (unpaired) electrons. The van der Waals surface area contributed by atoms with Crippen LogP contribution in [0.4, 0.5) is 5.82 Å². The number of carbonyl (C=O) groups is 1. The Morgan fingerprint density at radius 1 is 1.35 bits per heavy atom. The molecule has 20 heavy (non-hydrogen) atoms. The van der Waals surface area contributed by atoms with Gasteiger partial charge < -0.3 is 5.32 Å². The molecule has 1 aromatic rings. The number of carbonyl (C=O) groups excluding carboxylic acids is 1. The van der Waals surface area contributed by atoms with Crippen molar-refractivity contribution in [3.63, 3.8) is 0 Å². The van der Waals surface area contributed by atoms with Gasteiger partial charge in [0.2, 0.25) is 5.91 Å². The highest BCUT2D eigenvalue weighted by Gasteiger charge is 2.34. The first-order valence-corrected chi connectivity index (χ1v) is 7.35. The molecule has 2 saturated heterocycles. The third-order valence-electron chi connectivity index (χ3n) is 4.58. The molecule has 0 saturated carbocycles. The zero-order valence-electron chi connectivity index (χ0n) is 12.2. The lowest BCUT2D eigenvalue weighted by molar-refractivity contribution is -0.117. The summed E-state index contributed by atoms with van der Waals surface area (Å²) >= 11 is 0. The number of anilines is 1. The fourth-order valence-electron chi connectivity index (χ4n) is 3.39. The number of nitrogens with one attached hydrogen (secondary N) is 1. The first-order valence-electron chi connectivity index (χ1n) is 7.35. The summed E-state index contributed by atoms with van der Waals surface area (Å²) in [4.78, 5) is 16.8. The molecule has 0 aromatic carbocycles. The molecule has 1 amide bonds. The number of aryl methyl sites for hydroxylation is 1. The van der Waals surface area contributed by atoms with E-state index in [1.807, 2.05) is 19.3 Å². The lowest BCUT2D eigenvalue weighted by atomic mass is 10.1. The summed E-state index contributed by atoms with van der Waals surface area (Å²) in [6.45, 7) is 2.48. The van der Waals surface area contributed by atoms with E-state index in [1.165, 1.54) is 19.3 Å². The van der Waals surface area contributed by atoms with Crippen LogP contribution < -0.4 is 5.32 Å². The summed E-state index contributed by atoms with van der Waals surface area (Å²) in [5.74, 6) is 0.662. The SMILES string of the molecule is CN1[C@@H]2CC[C@H]1CN(CC(=O)Nc1ccn(C)n1)CC2. The first-order chi connectivity index (χ1) is 9.61. The smallest absolute Gasteiger partial charge is 0.239 e. The van der Waals surface area contributed by atoms with Gasteiger partial charge >= 0.3 is 0 Å². The summed E-state index contributed by atoms with van der Waals surface area (Å²) in [6, 6.07) is 3.14. The summed E-state index contributed by atoms with van der Waals surface area (Å²) in [5, 5.41) is 7.03. The normalized spacial score (nSPS) is 27.5. The van der Waals surface area contributed by atoms with Gasteiger partial charge in [-0.25, -0.2) is 0 Å². The summed E-state index contributed by atoms with van der Waals surface area (Å²) in [7, 11) is 4.07. The van der Waals surface area contributed by atoms with E-state index in [9.17, 15) is 4.79 Å². The maximum absolute atomic E-state index is 12.1. The van der Waals surface area contributed by atoms with E-state index in [2.05, 4.69) is 27.3 Å². The van der Waals surface area contributed by atoms with Crippen molar-refractivity contribution in [3.8, 4) is 0 Å². The lowest BCUT2D eigenvalue weighted by Crippen LogP contribution is -2.40. The molecule has 2 aliphatic rings. The minimum atomic E-state index is 0.0316. The van der Waals surface area contributed by atoms with Gasteiger partial charge in [0.05, 0.1) is 6.54 Å². The molecule has 2 bridgehead atoms. The molecule has 0 spiro atoms. The second kappa shape index (κ2) is 5.54. The fraction of sp³-hybridized carbons (Fsp3) is 0.714. The molecule has 3 heterocycles. The maximum atomic E-state index is 12.1. The Hall–Kier alpha value is -1.40. The van der Waals surface area contributed by atoms with Gasteiger partial charge in [-0.15, -0.1) is 0 Å². The molecule has 2 aliphatic heterocycles. The van der Waals surface area contributed by atoms with Crippen LogP contribution >= 0.6 is 0 Å². The molecule has 0 unspecified atom stereocenters. The standard InChI is InChI=1S/C14H23N5O/c1-17-7-6-13(16-17)15-14(20)10-19-8-5-11-3-4-12(9-19)18(11)2/h6-7,11-12H,3-5,8-10H2,1-2H3,(H,15,16,20)/t11-,12+/m1/s1. The number of fused-ring (bicyclic) bond motifs is 2. The molecule has 3 rings (SSSR count).